The van der Waals surface area contributed by atoms with E-state index in [2.05, 4.69) is 10.3 Å². The maximum atomic E-state index is 12.0. The number of nitro groups is 1. The summed E-state index contributed by atoms with van der Waals surface area (Å²) >= 11 is 5.64. The fraction of sp³-hybridized carbons (Fsp3) is 0.455. The average molecular weight is 288 g/mol. The van der Waals surface area contributed by atoms with Crippen LogP contribution in [0.3, 0.4) is 0 Å². The molecule has 0 fully saturated rings. The lowest BCUT2D eigenvalue weighted by atomic mass is 10.2. The van der Waals surface area contributed by atoms with Crippen LogP contribution < -0.4 is 5.32 Å². The Morgan fingerprint density at radius 1 is 1.68 bits per heavy atom. The van der Waals surface area contributed by atoms with Gasteiger partial charge in [0, 0.05) is 13.3 Å². The number of amides is 1. The summed E-state index contributed by atoms with van der Waals surface area (Å²) in [6.07, 6.45) is 1.90. The zero-order valence-corrected chi connectivity index (χ0v) is 11.3. The molecule has 0 spiro atoms. The highest BCUT2D eigenvalue weighted by Gasteiger charge is 2.25. The van der Waals surface area contributed by atoms with E-state index in [1.165, 1.54) is 19.4 Å². The van der Waals surface area contributed by atoms with Crippen LogP contribution in [0.4, 0.5) is 5.69 Å². The summed E-state index contributed by atoms with van der Waals surface area (Å²) in [5.74, 6) is -0.570. The number of methoxy groups -OCH3 is 1. The van der Waals surface area contributed by atoms with Crippen molar-refractivity contribution in [2.45, 2.75) is 19.4 Å². The van der Waals surface area contributed by atoms with Gasteiger partial charge in [0.2, 0.25) is 5.15 Å². The van der Waals surface area contributed by atoms with Crippen molar-refractivity contribution >= 4 is 23.2 Å². The van der Waals surface area contributed by atoms with Crippen molar-refractivity contribution in [1.29, 1.82) is 0 Å². The average Bonchev–Trinajstić information content (AvgIpc) is 2.37. The van der Waals surface area contributed by atoms with Gasteiger partial charge in [-0.3, -0.25) is 14.9 Å². The van der Waals surface area contributed by atoms with Crippen LogP contribution in [-0.2, 0) is 4.74 Å². The number of nitrogens with one attached hydrogen (secondary N) is 1. The molecule has 1 unspecified atom stereocenters. The molecule has 1 heterocycles. The topological polar surface area (TPSA) is 94.4 Å². The molecule has 0 saturated carbocycles. The molecule has 19 heavy (non-hydrogen) atoms. The third-order valence-electron chi connectivity index (χ3n) is 2.50. The Balaban J connectivity index is 3.00. The Morgan fingerprint density at radius 3 is 2.89 bits per heavy atom. The second-order valence-corrected chi connectivity index (χ2v) is 4.15. The van der Waals surface area contributed by atoms with Gasteiger partial charge in [-0.1, -0.05) is 18.5 Å². The second-order valence-electron chi connectivity index (χ2n) is 3.79. The van der Waals surface area contributed by atoms with Crippen LogP contribution in [0.2, 0.25) is 5.15 Å². The number of hydrogen-bond donors (Lipinski definition) is 1. The number of rotatable bonds is 6. The van der Waals surface area contributed by atoms with Gasteiger partial charge in [-0.05, 0) is 12.5 Å². The van der Waals surface area contributed by atoms with Gasteiger partial charge in [-0.15, -0.1) is 0 Å². The van der Waals surface area contributed by atoms with E-state index in [1.807, 2.05) is 6.92 Å². The predicted molar refractivity (Wildman–Crippen MR) is 69.3 cm³/mol. The van der Waals surface area contributed by atoms with Gasteiger partial charge in [0.05, 0.1) is 17.6 Å². The number of carbonyl (C=O) groups is 1. The molecule has 7 nitrogen and oxygen atoms in total. The minimum atomic E-state index is -0.721. The van der Waals surface area contributed by atoms with E-state index in [9.17, 15) is 14.9 Å². The fourth-order valence-electron chi connectivity index (χ4n) is 1.51. The second kappa shape index (κ2) is 7.01. The van der Waals surface area contributed by atoms with Crippen LogP contribution in [0, 0.1) is 10.1 Å². The Hall–Kier alpha value is -1.73. The summed E-state index contributed by atoms with van der Waals surface area (Å²) in [6, 6.07) is 1.04. The molecule has 1 aromatic rings. The fourth-order valence-corrected chi connectivity index (χ4v) is 1.74. The quantitative estimate of drug-likeness (QED) is 0.489. The van der Waals surface area contributed by atoms with Gasteiger partial charge < -0.3 is 10.1 Å². The van der Waals surface area contributed by atoms with E-state index in [0.29, 0.717) is 13.0 Å². The zero-order valence-electron chi connectivity index (χ0n) is 10.6. The lowest BCUT2D eigenvalue weighted by molar-refractivity contribution is -0.385. The van der Waals surface area contributed by atoms with E-state index in [-0.39, 0.29) is 16.8 Å². The number of hydrogen-bond acceptors (Lipinski definition) is 5. The first-order valence-electron chi connectivity index (χ1n) is 5.59. The molecular formula is C11H14ClN3O4. The number of ether oxygens (including phenoxy) is 1. The van der Waals surface area contributed by atoms with Crippen LogP contribution in [0.1, 0.15) is 23.7 Å². The molecule has 0 bridgehead atoms. The molecular weight excluding hydrogens is 274 g/mol. The monoisotopic (exact) mass is 287 g/mol. The summed E-state index contributed by atoms with van der Waals surface area (Å²) < 4.78 is 4.95. The highest BCUT2D eigenvalue weighted by Crippen LogP contribution is 2.25. The van der Waals surface area contributed by atoms with Gasteiger partial charge in [0.1, 0.15) is 5.56 Å². The Morgan fingerprint density at radius 2 is 2.37 bits per heavy atom. The highest BCUT2D eigenvalue weighted by molar-refractivity contribution is 6.32. The lowest BCUT2D eigenvalue weighted by Crippen LogP contribution is -2.37. The molecule has 0 aliphatic rings. The van der Waals surface area contributed by atoms with Crippen molar-refractivity contribution in [2.75, 3.05) is 13.7 Å². The maximum Gasteiger partial charge on any atom is 0.319 e. The Kier molecular flexibility index (Phi) is 5.65. The van der Waals surface area contributed by atoms with Crippen molar-refractivity contribution < 1.29 is 14.5 Å². The van der Waals surface area contributed by atoms with Crippen molar-refractivity contribution in [2.24, 2.45) is 0 Å². The molecule has 104 valence electrons. The number of aromatic nitrogens is 1. The molecule has 0 radical (unpaired) electrons. The first-order chi connectivity index (χ1) is 9.01. The third kappa shape index (κ3) is 3.87. The van der Waals surface area contributed by atoms with Crippen molar-refractivity contribution in [3.05, 3.63) is 33.1 Å². The van der Waals surface area contributed by atoms with Crippen molar-refractivity contribution in [3.63, 3.8) is 0 Å². The van der Waals surface area contributed by atoms with Gasteiger partial charge in [0.25, 0.3) is 5.91 Å². The van der Waals surface area contributed by atoms with E-state index in [1.54, 1.807) is 0 Å². The number of pyridine rings is 1. The Bertz CT molecular complexity index is 481. The van der Waals surface area contributed by atoms with Crippen LogP contribution in [0.5, 0.6) is 0 Å². The predicted octanol–water partition coefficient (Wildman–Crippen LogP) is 1.80. The van der Waals surface area contributed by atoms with Gasteiger partial charge >= 0.3 is 5.69 Å². The summed E-state index contributed by atoms with van der Waals surface area (Å²) in [5.41, 5.74) is -0.603. The SMILES string of the molecule is CCC(COC)NC(=O)c1ccnc(Cl)c1[N+](=O)[O-]. The normalized spacial score (nSPS) is 11.9. The number of halogens is 1. The number of nitrogens with zero attached hydrogens (tertiary/aromatic N) is 2. The minimum Gasteiger partial charge on any atom is -0.383 e. The van der Waals surface area contributed by atoms with Crippen LogP contribution >= 0.6 is 11.6 Å². The molecule has 1 aromatic heterocycles. The zero-order chi connectivity index (χ0) is 14.4. The molecule has 1 atom stereocenters. The number of carbonyl (C=O) groups excluding carboxylic acids is 1. The Labute approximate surface area is 115 Å². The summed E-state index contributed by atoms with van der Waals surface area (Å²) in [5, 5.41) is 13.2. The van der Waals surface area contributed by atoms with Gasteiger partial charge in [-0.25, -0.2) is 4.98 Å². The van der Waals surface area contributed by atoms with E-state index in [4.69, 9.17) is 16.3 Å². The van der Waals surface area contributed by atoms with E-state index in [0.717, 1.165) is 0 Å². The molecule has 1 rings (SSSR count). The molecule has 0 aliphatic heterocycles. The molecule has 1 amide bonds. The van der Waals surface area contributed by atoms with Gasteiger partial charge in [-0.2, -0.15) is 0 Å². The standard InChI is InChI=1S/C11H14ClN3O4/c1-3-7(6-19-2)14-11(16)8-4-5-13-10(12)9(8)15(17)18/h4-5,7H,3,6H2,1-2H3,(H,14,16). The molecule has 0 aliphatic carbocycles. The van der Waals surface area contributed by atoms with Crippen LogP contribution in [0.15, 0.2) is 12.3 Å². The van der Waals surface area contributed by atoms with E-state index >= 15 is 0 Å². The summed E-state index contributed by atoms with van der Waals surface area (Å²) in [7, 11) is 1.51. The molecule has 8 heteroatoms. The van der Waals surface area contributed by atoms with Crippen molar-refractivity contribution in [3.8, 4) is 0 Å². The third-order valence-corrected chi connectivity index (χ3v) is 2.78. The molecule has 0 saturated heterocycles. The van der Waals surface area contributed by atoms with Crippen LogP contribution in [-0.4, -0.2) is 35.6 Å². The van der Waals surface area contributed by atoms with Crippen LogP contribution in [0.25, 0.3) is 0 Å². The first kappa shape index (κ1) is 15.3. The molecule has 0 aromatic carbocycles. The highest BCUT2D eigenvalue weighted by atomic mass is 35.5. The summed E-state index contributed by atoms with van der Waals surface area (Å²) in [4.78, 5) is 25.8. The van der Waals surface area contributed by atoms with Gasteiger partial charge in [0.15, 0.2) is 0 Å². The lowest BCUT2D eigenvalue weighted by Gasteiger charge is -2.15. The minimum absolute atomic E-state index is 0.112. The maximum absolute atomic E-state index is 12.0. The first-order valence-corrected chi connectivity index (χ1v) is 5.97. The molecule has 1 N–H and O–H groups in total. The van der Waals surface area contributed by atoms with E-state index < -0.39 is 16.5 Å². The smallest absolute Gasteiger partial charge is 0.319 e. The van der Waals surface area contributed by atoms with Crippen molar-refractivity contribution in [1.82, 2.24) is 10.3 Å². The summed E-state index contributed by atoms with van der Waals surface area (Å²) in [6.45, 7) is 2.20. The largest absolute Gasteiger partial charge is 0.383 e.